The molecule has 28 heavy (non-hydrogen) atoms. The van der Waals surface area contributed by atoms with Gasteiger partial charge in [-0.25, -0.2) is 8.78 Å². The molecular weight excluding hydrogens is 368 g/mol. The monoisotopic (exact) mass is 389 g/mol. The van der Waals surface area contributed by atoms with Crippen LogP contribution in [0.5, 0.6) is 0 Å². The van der Waals surface area contributed by atoms with Gasteiger partial charge in [-0.3, -0.25) is 9.59 Å². The minimum atomic E-state index is -0.962. The highest BCUT2D eigenvalue weighted by Gasteiger charge is 2.19. The predicted octanol–water partition coefficient (Wildman–Crippen LogP) is 2.51. The number of amides is 2. The van der Waals surface area contributed by atoms with Gasteiger partial charge in [0.1, 0.15) is 11.6 Å². The third-order valence-corrected chi connectivity index (χ3v) is 4.42. The van der Waals surface area contributed by atoms with Crippen molar-refractivity contribution in [3.8, 4) is 0 Å². The van der Waals surface area contributed by atoms with Crippen LogP contribution in [-0.2, 0) is 9.53 Å². The number of hydrogen-bond donors (Lipinski definition) is 1. The first-order valence-electron chi connectivity index (χ1n) is 8.87. The van der Waals surface area contributed by atoms with E-state index in [0.29, 0.717) is 25.0 Å². The summed E-state index contributed by atoms with van der Waals surface area (Å²) in [5, 5.41) is 2.70. The molecule has 0 aliphatic carbocycles. The highest BCUT2D eigenvalue weighted by atomic mass is 19.1. The normalized spacial score (nSPS) is 13.9. The van der Waals surface area contributed by atoms with E-state index in [1.807, 2.05) is 12.1 Å². The zero-order chi connectivity index (χ0) is 20.1. The van der Waals surface area contributed by atoms with Gasteiger partial charge in [-0.1, -0.05) is 0 Å². The molecule has 0 radical (unpaired) electrons. The van der Waals surface area contributed by atoms with E-state index in [4.69, 9.17) is 4.74 Å². The number of ether oxygens (including phenoxy) is 1. The Bertz CT molecular complexity index is 852. The number of carbonyl (C=O) groups excluding carboxylic acids is 2. The molecule has 1 aliphatic heterocycles. The van der Waals surface area contributed by atoms with Gasteiger partial charge >= 0.3 is 0 Å². The van der Waals surface area contributed by atoms with Crippen LogP contribution in [0.3, 0.4) is 0 Å². The number of hydrogen-bond acceptors (Lipinski definition) is 4. The van der Waals surface area contributed by atoms with Crippen molar-refractivity contribution in [1.29, 1.82) is 0 Å². The SMILES string of the molecule is CN(CC(=O)Nc1ccc(N2CCOCC2)cc1)C(=O)c1ccc(F)cc1F. The van der Waals surface area contributed by atoms with E-state index in [0.717, 1.165) is 35.8 Å². The smallest absolute Gasteiger partial charge is 0.257 e. The van der Waals surface area contributed by atoms with Gasteiger partial charge in [-0.2, -0.15) is 0 Å². The molecule has 0 bridgehead atoms. The van der Waals surface area contributed by atoms with Crippen LogP contribution in [0, 0.1) is 11.6 Å². The highest BCUT2D eigenvalue weighted by Crippen LogP contribution is 2.19. The van der Waals surface area contributed by atoms with Gasteiger partial charge in [0.15, 0.2) is 0 Å². The highest BCUT2D eigenvalue weighted by molar-refractivity contribution is 5.99. The van der Waals surface area contributed by atoms with E-state index in [2.05, 4.69) is 10.2 Å². The lowest BCUT2D eigenvalue weighted by molar-refractivity contribution is -0.116. The average Bonchev–Trinajstić information content (AvgIpc) is 2.68. The summed E-state index contributed by atoms with van der Waals surface area (Å²) in [6, 6.07) is 10.1. The van der Waals surface area contributed by atoms with Gasteiger partial charge in [0.25, 0.3) is 5.91 Å². The summed E-state index contributed by atoms with van der Waals surface area (Å²) in [5.74, 6) is -2.85. The minimum Gasteiger partial charge on any atom is -0.378 e. The number of carbonyl (C=O) groups is 2. The average molecular weight is 389 g/mol. The van der Waals surface area contributed by atoms with Crippen molar-refractivity contribution in [3.63, 3.8) is 0 Å². The first-order valence-corrected chi connectivity index (χ1v) is 8.87. The number of halogens is 2. The molecule has 0 spiro atoms. The fourth-order valence-electron chi connectivity index (χ4n) is 2.93. The second-order valence-electron chi connectivity index (χ2n) is 6.48. The summed E-state index contributed by atoms with van der Waals surface area (Å²) in [6.07, 6.45) is 0. The van der Waals surface area contributed by atoms with Crippen LogP contribution >= 0.6 is 0 Å². The lowest BCUT2D eigenvalue weighted by Gasteiger charge is -2.28. The Balaban J connectivity index is 1.56. The summed E-state index contributed by atoms with van der Waals surface area (Å²) < 4.78 is 32.0. The standard InChI is InChI=1S/C20H21F2N3O3/c1-24(20(27)17-7-2-14(21)12-18(17)22)13-19(26)23-15-3-5-16(6-4-15)25-8-10-28-11-9-25/h2-7,12H,8-11,13H2,1H3,(H,23,26). The van der Waals surface area contributed by atoms with Crippen LogP contribution in [-0.4, -0.2) is 56.6 Å². The molecule has 1 heterocycles. The third kappa shape index (κ3) is 4.83. The van der Waals surface area contributed by atoms with E-state index in [1.165, 1.54) is 7.05 Å². The first kappa shape index (κ1) is 19.8. The molecule has 1 saturated heterocycles. The third-order valence-electron chi connectivity index (χ3n) is 4.42. The van der Waals surface area contributed by atoms with Crippen LogP contribution in [0.1, 0.15) is 10.4 Å². The van der Waals surface area contributed by atoms with Crippen molar-refractivity contribution in [1.82, 2.24) is 4.90 Å². The number of nitrogens with one attached hydrogen (secondary N) is 1. The van der Waals surface area contributed by atoms with Gasteiger partial charge in [0, 0.05) is 37.6 Å². The molecule has 2 aromatic rings. The first-order chi connectivity index (χ1) is 13.4. The summed E-state index contributed by atoms with van der Waals surface area (Å²) in [5.41, 5.74) is 1.35. The second kappa shape index (κ2) is 8.79. The molecule has 1 fully saturated rings. The van der Waals surface area contributed by atoms with E-state index >= 15 is 0 Å². The lowest BCUT2D eigenvalue weighted by atomic mass is 10.2. The molecule has 2 amide bonds. The zero-order valence-corrected chi connectivity index (χ0v) is 15.5. The van der Waals surface area contributed by atoms with E-state index in [-0.39, 0.29) is 12.1 Å². The molecule has 1 N–H and O–H groups in total. The summed E-state index contributed by atoms with van der Waals surface area (Å²) >= 11 is 0. The van der Waals surface area contributed by atoms with E-state index in [1.54, 1.807) is 12.1 Å². The lowest BCUT2D eigenvalue weighted by Crippen LogP contribution is -2.36. The molecule has 0 unspecified atom stereocenters. The maximum Gasteiger partial charge on any atom is 0.257 e. The molecule has 6 nitrogen and oxygen atoms in total. The zero-order valence-electron chi connectivity index (χ0n) is 15.5. The topological polar surface area (TPSA) is 61.9 Å². The molecule has 3 rings (SSSR count). The number of anilines is 2. The Kier molecular flexibility index (Phi) is 6.20. The van der Waals surface area contributed by atoms with Crippen LogP contribution < -0.4 is 10.2 Å². The molecule has 0 atom stereocenters. The van der Waals surface area contributed by atoms with Crippen LogP contribution in [0.4, 0.5) is 20.2 Å². The number of likely N-dealkylation sites (N-methyl/N-ethyl adjacent to an activating group) is 1. The second-order valence-corrected chi connectivity index (χ2v) is 6.48. The number of morpholine rings is 1. The van der Waals surface area contributed by atoms with Gasteiger partial charge < -0.3 is 19.9 Å². The van der Waals surface area contributed by atoms with Crippen molar-refractivity contribution in [2.24, 2.45) is 0 Å². The maximum atomic E-state index is 13.7. The Labute approximate surface area is 161 Å². The van der Waals surface area contributed by atoms with Crippen LogP contribution in [0.25, 0.3) is 0 Å². The van der Waals surface area contributed by atoms with Crippen molar-refractivity contribution >= 4 is 23.2 Å². The van der Waals surface area contributed by atoms with Crippen molar-refractivity contribution < 1.29 is 23.1 Å². The maximum absolute atomic E-state index is 13.7. The van der Waals surface area contributed by atoms with Crippen LogP contribution in [0.2, 0.25) is 0 Å². The minimum absolute atomic E-state index is 0.263. The van der Waals surface area contributed by atoms with Crippen LogP contribution in [0.15, 0.2) is 42.5 Å². The Morgan fingerprint density at radius 2 is 1.79 bits per heavy atom. The fourth-order valence-corrected chi connectivity index (χ4v) is 2.93. The molecule has 0 aromatic heterocycles. The van der Waals surface area contributed by atoms with E-state index < -0.39 is 23.4 Å². The van der Waals surface area contributed by atoms with E-state index in [9.17, 15) is 18.4 Å². The Morgan fingerprint density at radius 1 is 1.11 bits per heavy atom. The van der Waals surface area contributed by atoms with Gasteiger partial charge in [-0.15, -0.1) is 0 Å². The van der Waals surface area contributed by atoms with Gasteiger partial charge in [0.2, 0.25) is 5.91 Å². The summed E-state index contributed by atoms with van der Waals surface area (Å²) in [6.45, 7) is 2.75. The molecule has 0 saturated carbocycles. The number of nitrogens with zero attached hydrogens (tertiary/aromatic N) is 2. The van der Waals surface area contributed by atoms with Gasteiger partial charge in [0.05, 0.1) is 25.3 Å². The summed E-state index contributed by atoms with van der Waals surface area (Å²) in [4.78, 5) is 27.7. The fraction of sp³-hybridized carbons (Fsp3) is 0.300. The number of benzene rings is 2. The van der Waals surface area contributed by atoms with Crippen molar-refractivity contribution in [3.05, 3.63) is 59.7 Å². The molecule has 1 aliphatic rings. The molecule has 8 heteroatoms. The number of rotatable bonds is 5. The summed E-state index contributed by atoms with van der Waals surface area (Å²) in [7, 11) is 1.38. The molecule has 2 aromatic carbocycles. The Morgan fingerprint density at radius 3 is 2.43 bits per heavy atom. The van der Waals surface area contributed by atoms with Gasteiger partial charge in [-0.05, 0) is 36.4 Å². The largest absolute Gasteiger partial charge is 0.378 e. The quantitative estimate of drug-likeness (QED) is 0.854. The van der Waals surface area contributed by atoms with Crippen molar-refractivity contribution in [2.45, 2.75) is 0 Å². The Hall–Kier alpha value is -3.00. The molecule has 148 valence electrons. The predicted molar refractivity (Wildman–Crippen MR) is 101 cm³/mol. The molecular formula is C20H21F2N3O3. The van der Waals surface area contributed by atoms with Crippen molar-refractivity contribution in [2.75, 3.05) is 50.1 Å².